The second kappa shape index (κ2) is 8.75. The zero-order valence-electron chi connectivity index (χ0n) is 18.8. The molecule has 4 aromatic rings. The molecule has 34 heavy (non-hydrogen) atoms. The Kier molecular flexibility index (Phi) is 5.62. The zero-order valence-corrected chi connectivity index (χ0v) is 19.6. The molecule has 0 spiro atoms. The smallest absolute Gasteiger partial charge is 0.264 e. The van der Waals surface area contributed by atoms with Crippen LogP contribution in [0.15, 0.2) is 45.9 Å². The highest BCUT2D eigenvalue weighted by atomic mass is 32.2. The zero-order chi connectivity index (χ0) is 23.8. The summed E-state index contributed by atoms with van der Waals surface area (Å²) in [7, 11) is 0. The van der Waals surface area contributed by atoms with Crippen LogP contribution < -0.4 is 20.5 Å². The van der Waals surface area contributed by atoms with Crippen LogP contribution in [0.2, 0.25) is 0 Å². The first-order chi connectivity index (χ1) is 16.4. The van der Waals surface area contributed by atoms with Crippen LogP contribution in [0.1, 0.15) is 11.1 Å². The number of aryl methyl sites for hydroxylation is 2. The molecule has 0 unspecified atom stereocenters. The maximum absolute atomic E-state index is 12.7. The Morgan fingerprint density at radius 2 is 2.00 bits per heavy atom. The van der Waals surface area contributed by atoms with Crippen LogP contribution in [0.25, 0.3) is 22.8 Å². The van der Waals surface area contributed by atoms with Crippen LogP contribution in [-0.2, 0) is 11.3 Å². The van der Waals surface area contributed by atoms with E-state index < -0.39 is 0 Å². The van der Waals surface area contributed by atoms with Gasteiger partial charge >= 0.3 is 0 Å². The quantitative estimate of drug-likeness (QED) is 0.396. The van der Waals surface area contributed by atoms with Crippen molar-refractivity contribution < 1.29 is 18.8 Å². The van der Waals surface area contributed by atoms with E-state index in [9.17, 15) is 4.79 Å². The van der Waals surface area contributed by atoms with Crippen molar-refractivity contribution in [1.82, 2.24) is 19.9 Å². The molecule has 0 radical (unpaired) electrons. The molecule has 3 heterocycles. The summed E-state index contributed by atoms with van der Waals surface area (Å²) in [5.74, 6) is 1.90. The summed E-state index contributed by atoms with van der Waals surface area (Å²) in [5, 5.41) is 12.1. The van der Waals surface area contributed by atoms with Crippen LogP contribution >= 0.6 is 11.8 Å². The summed E-state index contributed by atoms with van der Waals surface area (Å²) in [5.41, 5.74) is 10.4. The van der Waals surface area contributed by atoms with Gasteiger partial charge in [-0.1, -0.05) is 22.9 Å². The number of aromatic nitrogens is 4. The number of hydrogen-bond acceptors (Lipinski definition) is 9. The number of benzene rings is 2. The maximum Gasteiger partial charge on any atom is 0.264 e. The van der Waals surface area contributed by atoms with Crippen LogP contribution in [0, 0.1) is 13.8 Å². The van der Waals surface area contributed by atoms with Gasteiger partial charge in [-0.15, -0.1) is 11.8 Å². The molecule has 1 aliphatic heterocycles. The van der Waals surface area contributed by atoms with Gasteiger partial charge in [-0.3, -0.25) is 4.79 Å². The van der Waals surface area contributed by atoms with Crippen molar-refractivity contribution in [2.75, 3.05) is 24.1 Å². The van der Waals surface area contributed by atoms with Gasteiger partial charge in [0.05, 0.1) is 0 Å². The van der Waals surface area contributed by atoms with E-state index in [0.717, 1.165) is 16.8 Å². The van der Waals surface area contributed by atoms with Gasteiger partial charge < -0.3 is 25.0 Å². The number of nitrogens with two attached hydrogens (primary N) is 1. The van der Waals surface area contributed by atoms with Gasteiger partial charge in [0.25, 0.3) is 5.89 Å². The second-order valence-electron chi connectivity index (χ2n) is 7.78. The molecule has 1 amide bonds. The molecule has 2 aromatic carbocycles. The molecule has 0 atom stereocenters. The van der Waals surface area contributed by atoms with Gasteiger partial charge in [0.1, 0.15) is 23.0 Å². The normalized spacial score (nSPS) is 12.2. The summed E-state index contributed by atoms with van der Waals surface area (Å²) in [6, 6.07) is 11.2. The van der Waals surface area contributed by atoms with Crippen molar-refractivity contribution in [2.45, 2.75) is 25.4 Å². The summed E-state index contributed by atoms with van der Waals surface area (Å²) < 4.78 is 17.7. The molecule has 11 heteroatoms. The first-order valence-corrected chi connectivity index (χ1v) is 11.7. The number of rotatable bonds is 6. The highest BCUT2D eigenvalue weighted by Gasteiger charge is 2.24. The van der Waals surface area contributed by atoms with Crippen LogP contribution in [0.4, 0.5) is 11.5 Å². The summed E-state index contributed by atoms with van der Waals surface area (Å²) in [4.78, 5) is 17.2. The minimum Gasteiger partial charge on any atom is -0.454 e. The third kappa shape index (κ3) is 4.05. The minimum atomic E-state index is -0.244. The molecule has 0 bridgehead atoms. The predicted molar refractivity (Wildman–Crippen MR) is 128 cm³/mol. The van der Waals surface area contributed by atoms with E-state index in [1.165, 1.54) is 16.4 Å². The van der Waals surface area contributed by atoms with E-state index in [4.69, 9.17) is 19.7 Å². The fourth-order valence-electron chi connectivity index (χ4n) is 3.67. The Labute approximate surface area is 199 Å². The molecule has 0 aliphatic carbocycles. The van der Waals surface area contributed by atoms with Gasteiger partial charge in [0.15, 0.2) is 11.5 Å². The topological polar surface area (TPSA) is 130 Å². The first kappa shape index (κ1) is 21.8. The SMILES string of the molecule is CSc1nn(CC(=O)Nc2ccc(C)cc2C)c(N)c1-c1nc(-c2ccc3c(c2)OCO3)no1. The fourth-order valence-corrected chi connectivity index (χ4v) is 4.25. The third-order valence-electron chi connectivity index (χ3n) is 5.37. The fraction of sp³-hybridized carbons (Fsp3) is 0.217. The maximum atomic E-state index is 12.7. The Morgan fingerprint density at radius 3 is 2.79 bits per heavy atom. The number of carbonyl (C=O) groups is 1. The number of carbonyl (C=O) groups excluding carboxylic acids is 1. The highest BCUT2D eigenvalue weighted by Crippen LogP contribution is 2.37. The van der Waals surface area contributed by atoms with Crippen molar-refractivity contribution in [1.29, 1.82) is 0 Å². The van der Waals surface area contributed by atoms with E-state index in [2.05, 4.69) is 20.6 Å². The van der Waals surface area contributed by atoms with Crippen molar-refractivity contribution in [2.24, 2.45) is 0 Å². The second-order valence-corrected chi connectivity index (χ2v) is 8.58. The third-order valence-corrected chi connectivity index (χ3v) is 6.05. The van der Waals surface area contributed by atoms with E-state index in [0.29, 0.717) is 33.5 Å². The van der Waals surface area contributed by atoms with Crippen molar-refractivity contribution in [3.8, 4) is 34.3 Å². The average Bonchev–Trinajstić information content (AvgIpc) is 3.54. The Bertz CT molecular complexity index is 1400. The number of nitrogen functional groups attached to an aromatic ring is 1. The summed E-state index contributed by atoms with van der Waals surface area (Å²) in [6.07, 6.45) is 1.86. The molecule has 10 nitrogen and oxygen atoms in total. The van der Waals surface area contributed by atoms with Gasteiger partial charge in [-0.2, -0.15) is 10.1 Å². The predicted octanol–water partition coefficient (Wildman–Crippen LogP) is 3.89. The number of fused-ring (bicyclic) bond motifs is 1. The minimum absolute atomic E-state index is 0.0597. The largest absolute Gasteiger partial charge is 0.454 e. The molecular formula is C23H22N6O4S. The van der Waals surface area contributed by atoms with E-state index in [1.54, 1.807) is 12.1 Å². The standard InChI is InChI=1S/C23H22N6O4S/c1-12-4-6-15(13(2)8-12)25-18(30)10-29-20(24)19(23(27-29)34-3)22-26-21(28-33-22)14-5-7-16-17(9-14)32-11-31-16/h4-9H,10-11,24H2,1-3H3,(H,25,30). The number of amides is 1. The van der Waals surface area contributed by atoms with Gasteiger partial charge in [0, 0.05) is 11.3 Å². The lowest BCUT2D eigenvalue weighted by molar-refractivity contribution is -0.116. The van der Waals surface area contributed by atoms with Crippen molar-refractivity contribution >= 4 is 29.2 Å². The van der Waals surface area contributed by atoms with Crippen LogP contribution in [0.3, 0.4) is 0 Å². The lowest BCUT2D eigenvalue weighted by atomic mass is 10.1. The van der Waals surface area contributed by atoms with Crippen LogP contribution in [-0.4, -0.2) is 38.9 Å². The van der Waals surface area contributed by atoms with Gasteiger partial charge in [-0.25, -0.2) is 4.68 Å². The molecule has 174 valence electrons. The number of anilines is 2. The number of thioether (sulfide) groups is 1. The number of ether oxygens (including phenoxy) is 2. The van der Waals surface area contributed by atoms with Crippen LogP contribution in [0.5, 0.6) is 11.5 Å². The molecule has 3 N–H and O–H groups in total. The van der Waals surface area contributed by atoms with E-state index in [-0.39, 0.29) is 31.0 Å². The summed E-state index contributed by atoms with van der Waals surface area (Å²) >= 11 is 1.37. The van der Waals surface area contributed by atoms with Crippen molar-refractivity contribution in [3.05, 3.63) is 47.5 Å². The molecular weight excluding hydrogens is 456 g/mol. The first-order valence-electron chi connectivity index (χ1n) is 10.4. The number of nitrogens with one attached hydrogen (secondary N) is 1. The Hall–Kier alpha value is -3.99. The number of hydrogen-bond donors (Lipinski definition) is 2. The Morgan fingerprint density at radius 1 is 1.18 bits per heavy atom. The lowest BCUT2D eigenvalue weighted by Crippen LogP contribution is -2.21. The monoisotopic (exact) mass is 478 g/mol. The van der Waals surface area contributed by atoms with Gasteiger partial charge in [0.2, 0.25) is 18.5 Å². The highest BCUT2D eigenvalue weighted by molar-refractivity contribution is 7.98. The van der Waals surface area contributed by atoms with E-state index in [1.807, 2.05) is 44.4 Å². The summed E-state index contributed by atoms with van der Waals surface area (Å²) in [6.45, 7) is 4.07. The Balaban J connectivity index is 1.39. The molecule has 2 aromatic heterocycles. The molecule has 0 saturated heterocycles. The van der Waals surface area contributed by atoms with E-state index >= 15 is 0 Å². The average molecular weight is 479 g/mol. The van der Waals surface area contributed by atoms with Gasteiger partial charge in [-0.05, 0) is 49.9 Å². The van der Waals surface area contributed by atoms with Crippen molar-refractivity contribution in [3.63, 3.8) is 0 Å². The molecule has 0 fully saturated rings. The lowest BCUT2D eigenvalue weighted by Gasteiger charge is -2.10. The molecule has 5 rings (SSSR count). The molecule has 0 saturated carbocycles. The molecule has 1 aliphatic rings. The number of nitrogens with zero attached hydrogens (tertiary/aromatic N) is 4.